The van der Waals surface area contributed by atoms with E-state index in [-0.39, 0.29) is 17.9 Å². The lowest BCUT2D eigenvalue weighted by atomic mass is 10.2. The summed E-state index contributed by atoms with van der Waals surface area (Å²) in [5.74, 6) is -1.43. The molecule has 0 spiro atoms. The summed E-state index contributed by atoms with van der Waals surface area (Å²) in [4.78, 5) is 0. The SMILES string of the molecule is COc1cccc(Cl)c1CNc1c(N)ccc(F)c1F. The van der Waals surface area contributed by atoms with E-state index in [4.69, 9.17) is 22.1 Å². The van der Waals surface area contributed by atoms with Gasteiger partial charge >= 0.3 is 0 Å². The maximum Gasteiger partial charge on any atom is 0.183 e. The van der Waals surface area contributed by atoms with Gasteiger partial charge < -0.3 is 15.8 Å². The van der Waals surface area contributed by atoms with Crippen LogP contribution in [0, 0.1) is 11.6 Å². The zero-order valence-corrected chi connectivity index (χ0v) is 11.5. The van der Waals surface area contributed by atoms with Crippen molar-refractivity contribution in [3.8, 4) is 5.75 Å². The first kappa shape index (κ1) is 14.4. The topological polar surface area (TPSA) is 47.3 Å². The van der Waals surface area contributed by atoms with Gasteiger partial charge in [0.25, 0.3) is 0 Å². The number of anilines is 2. The summed E-state index contributed by atoms with van der Waals surface area (Å²) < 4.78 is 32.0. The van der Waals surface area contributed by atoms with Gasteiger partial charge in [-0.1, -0.05) is 17.7 Å². The smallest absolute Gasteiger partial charge is 0.183 e. The van der Waals surface area contributed by atoms with Crippen molar-refractivity contribution in [2.24, 2.45) is 0 Å². The van der Waals surface area contributed by atoms with E-state index < -0.39 is 11.6 Å². The van der Waals surface area contributed by atoms with E-state index >= 15 is 0 Å². The summed E-state index contributed by atoms with van der Waals surface area (Å²) in [6.45, 7) is 0.160. The Morgan fingerprint density at radius 2 is 2.00 bits per heavy atom. The van der Waals surface area contributed by atoms with E-state index in [9.17, 15) is 8.78 Å². The molecule has 2 rings (SSSR count). The molecule has 0 amide bonds. The maximum absolute atomic E-state index is 13.7. The lowest BCUT2D eigenvalue weighted by molar-refractivity contribution is 0.410. The van der Waals surface area contributed by atoms with Crippen LogP contribution in [0.5, 0.6) is 5.75 Å². The van der Waals surface area contributed by atoms with Crippen molar-refractivity contribution in [2.45, 2.75) is 6.54 Å². The average molecular weight is 299 g/mol. The Morgan fingerprint density at radius 1 is 1.25 bits per heavy atom. The van der Waals surface area contributed by atoms with Crippen molar-refractivity contribution in [3.63, 3.8) is 0 Å². The second kappa shape index (κ2) is 5.96. The van der Waals surface area contributed by atoms with Crippen LogP contribution in [0.4, 0.5) is 20.2 Å². The highest BCUT2D eigenvalue weighted by Gasteiger charge is 2.13. The molecule has 0 bridgehead atoms. The monoisotopic (exact) mass is 298 g/mol. The van der Waals surface area contributed by atoms with Crippen molar-refractivity contribution in [3.05, 3.63) is 52.6 Å². The minimum atomic E-state index is -1.02. The Morgan fingerprint density at radius 3 is 2.70 bits per heavy atom. The summed E-state index contributed by atoms with van der Waals surface area (Å²) in [6.07, 6.45) is 0. The van der Waals surface area contributed by atoms with Crippen molar-refractivity contribution in [1.82, 2.24) is 0 Å². The van der Waals surface area contributed by atoms with Crippen LogP contribution in [-0.4, -0.2) is 7.11 Å². The number of nitrogen functional groups attached to an aromatic ring is 1. The van der Waals surface area contributed by atoms with E-state index in [1.165, 1.54) is 13.2 Å². The molecule has 2 aromatic carbocycles. The molecule has 0 aliphatic heterocycles. The van der Waals surface area contributed by atoms with Crippen LogP contribution < -0.4 is 15.8 Å². The first-order chi connectivity index (χ1) is 9.54. The summed E-state index contributed by atoms with van der Waals surface area (Å²) in [7, 11) is 1.51. The van der Waals surface area contributed by atoms with Crippen LogP contribution in [0.25, 0.3) is 0 Å². The minimum Gasteiger partial charge on any atom is -0.496 e. The van der Waals surface area contributed by atoms with Gasteiger partial charge in [0, 0.05) is 17.1 Å². The number of methoxy groups -OCH3 is 1. The van der Waals surface area contributed by atoms with Crippen LogP contribution in [-0.2, 0) is 6.54 Å². The summed E-state index contributed by atoms with van der Waals surface area (Å²) in [5.41, 5.74) is 6.30. The Hall–Kier alpha value is -2.01. The minimum absolute atomic E-state index is 0.0908. The average Bonchev–Trinajstić information content (AvgIpc) is 2.44. The molecule has 0 saturated heterocycles. The van der Waals surface area contributed by atoms with Gasteiger partial charge in [-0.05, 0) is 24.3 Å². The van der Waals surface area contributed by atoms with Crippen molar-refractivity contribution in [2.75, 3.05) is 18.2 Å². The highest BCUT2D eigenvalue weighted by Crippen LogP contribution is 2.29. The van der Waals surface area contributed by atoms with Gasteiger partial charge in [0.2, 0.25) is 0 Å². The van der Waals surface area contributed by atoms with E-state index in [1.54, 1.807) is 18.2 Å². The van der Waals surface area contributed by atoms with Crippen LogP contribution in [0.3, 0.4) is 0 Å². The van der Waals surface area contributed by atoms with E-state index in [0.717, 1.165) is 6.07 Å². The zero-order valence-electron chi connectivity index (χ0n) is 10.7. The van der Waals surface area contributed by atoms with E-state index in [2.05, 4.69) is 5.32 Å². The third kappa shape index (κ3) is 2.77. The van der Waals surface area contributed by atoms with Crippen LogP contribution in [0.2, 0.25) is 5.02 Å². The molecule has 0 saturated carbocycles. The fourth-order valence-corrected chi connectivity index (χ4v) is 2.06. The van der Waals surface area contributed by atoms with Crippen molar-refractivity contribution < 1.29 is 13.5 Å². The number of nitrogens with two attached hydrogens (primary N) is 1. The molecular formula is C14H13ClF2N2O. The Kier molecular flexibility index (Phi) is 4.29. The van der Waals surface area contributed by atoms with Crippen LogP contribution in [0.1, 0.15) is 5.56 Å². The van der Waals surface area contributed by atoms with Gasteiger partial charge in [-0.2, -0.15) is 0 Å². The molecule has 3 nitrogen and oxygen atoms in total. The molecule has 0 fully saturated rings. The number of benzene rings is 2. The van der Waals surface area contributed by atoms with Gasteiger partial charge in [-0.25, -0.2) is 8.78 Å². The number of ether oxygens (including phenoxy) is 1. The molecule has 20 heavy (non-hydrogen) atoms. The number of nitrogens with one attached hydrogen (secondary N) is 1. The fourth-order valence-electron chi connectivity index (χ4n) is 1.82. The molecule has 0 aromatic heterocycles. The molecule has 6 heteroatoms. The van der Waals surface area contributed by atoms with Gasteiger partial charge in [0.1, 0.15) is 5.75 Å². The number of halogens is 3. The third-order valence-corrected chi connectivity index (χ3v) is 3.22. The fraction of sp³-hybridized carbons (Fsp3) is 0.143. The second-order valence-electron chi connectivity index (χ2n) is 4.10. The summed E-state index contributed by atoms with van der Waals surface area (Å²) in [6, 6.07) is 7.43. The number of rotatable bonds is 4. The second-order valence-corrected chi connectivity index (χ2v) is 4.51. The maximum atomic E-state index is 13.7. The molecule has 0 radical (unpaired) electrons. The Bertz CT molecular complexity index is 635. The Labute approximate surface area is 120 Å². The standard InChI is InChI=1S/C14H13ClF2N2O/c1-20-12-4-2-3-9(15)8(12)7-19-14-11(18)6-5-10(16)13(14)17/h2-6,19H,7,18H2,1H3. The number of hydrogen-bond acceptors (Lipinski definition) is 3. The highest BCUT2D eigenvalue weighted by molar-refractivity contribution is 6.31. The molecule has 106 valence electrons. The van der Waals surface area contributed by atoms with E-state index in [1.807, 2.05) is 0 Å². The Balaban J connectivity index is 2.28. The van der Waals surface area contributed by atoms with E-state index in [0.29, 0.717) is 16.3 Å². The summed E-state index contributed by atoms with van der Waals surface area (Å²) in [5, 5.41) is 3.21. The molecule has 3 N–H and O–H groups in total. The molecule has 0 atom stereocenters. The first-order valence-electron chi connectivity index (χ1n) is 5.83. The largest absolute Gasteiger partial charge is 0.496 e. The molecule has 0 unspecified atom stereocenters. The lowest BCUT2D eigenvalue weighted by Crippen LogP contribution is -2.07. The van der Waals surface area contributed by atoms with Gasteiger partial charge in [0.15, 0.2) is 11.6 Å². The highest BCUT2D eigenvalue weighted by atomic mass is 35.5. The normalized spacial score (nSPS) is 10.4. The molecular weight excluding hydrogens is 286 g/mol. The molecule has 0 heterocycles. The molecule has 0 aliphatic carbocycles. The zero-order chi connectivity index (χ0) is 14.7. The van der Waals surface area contributed by atoms with Gasteiger partial charge in [0.05, 0.1) is 18.5 Å². The van der Waals surface area contributed by atoms with Crippen LogP contribution in [0.15, 0.2) is 30.3 Å². The van der Waals surface area contributed by atoms with Gasteiger partial charge in [-0.3, -0.25) is 0 Å². The van der Waals surface area contributed by atoms with Crippen molar-refractivity contribution >= 4 is 23.0 Å². The quantitative estimate of drug-likeness (QED) is 0.844. The van der Waals surface area contributed by atoms with Crippen molar-refractivity contribution in [1.29, 1.82) is 0 Å². The lowest BCUT2D eigenvalue weighted by Gasteiger charge is -2.14. The molecule has 0 aliphatic rings. The predicted octanol–water partition coefficient (Wildman–Crippen LogP) is 3.82. The van der Waals surface area contributed by atoms with Gasteiger partial charge in [-0.15, -0.1) is 0 Å². The molecule has 2 aromatic rings. The number of hydrogen-bond donors (Lipinski definition) is 2. The first-order valence-corrected chi connectivity index (χ1v) is 6.21. The summed E-state index contributed by atoms with van der Waals surface area (Å²) >= 11 is 6.07. The van der Waals surface area contributed by atoms with Crippen LogP contribution >= 0.6 is 11.6 Å². The third-order valence-electron chi connectivity index (χ3n) is 2.86. The predicted molar refractivity (Wildman–Crippen MR) is 76.1 cm³/mol.